The van der Waals surface area contributed by atoms with E-state index >= 15 is 0 Å². The highest BCUT2D eigenvalue weighted by molar-refractivity contribution is 5.29. The van der Waals surface area contributed by atoms with Gasteiger partial charge in [0.15, 0.2) is 30.9 Å². The van der Waals surface area contributed by atoms with Crippen LogP contribution in [0.4, 0.5) is 0 Å². The maximum Gasteiger partial charge on any atom is 0.187 e. The number of hydrogen-bond acceptors (Lipinski definition) is 23. The van der Waals surface area contributed by atoms with E-state index in [-0.39, 0.29) is 42.1 Å². The zero-order chi connectivity index (χ0) is 53.7. The number of rotatable bonds is 14. The van der Waals surface area contributed by atoms with Gasteiger partial charge in [0.25, 0.3) is 0 Å². The predicted molar refractivity (Wildman–Crippen MR) is 250 cm³/mol. The highest BCUT2D eigenvalue weighted by Crippen LogP contribution is 2.71. The molecule has 5 saturated heterocycles. The smallest absolute Gasteiger partial charge is 0.187 e. The molecule has 4 aliphatic carbocycles. The summed E-state index contributed by atoms with van der Waals surface area (Å²) in [5, 5.41) is 152. The summed E-state index contributed by atoms with van der Waals surface area (Å²) in [5.74, 6) is -1.85. The minimum Gasteiger partial charge on any atom is -0.394 e. The van der Waals surface area contributed by atoms with Gasteiger partial charge in [0.1, 0.15) is 91.1 Å². The molecule has 8 fully saturated rings. The van der Waals surface area contributed by atoms with E-state index in [9.17, 15) is 71.5 Å². The van der Waals surface area contributed by atoms with E-state index in [4.69, 9.17) is 42.6 Å². The molecule has 5 aliphatic heterocycles. The molecule has 6 unspecified atom stereocenters. The van der Waals surface area contributed by atoms with Gasteiger partial charge in [0.05, 0.1) is 44.2 Å². The Morgan fingerprint density at radius 3 is 1.84 bits per heavy atom. The molecule has 0 spiro atoms. The van der Waals surface area contributed by atoms with Crippen LogP contribution in [0.2, 0.25) is 0 Å². The third-order valence-electron chi connectivity index (χ3n) is 19.7. The van der Waals surface area contributed by atoms with Gasteiger partial charge in [0.2, 0.25) is 0 Å². The van der Waals surface area contributed by atoms with Gasteiger partial charge in [-0.3, -0.25) is 0 Å². The average Bonchev–Trinajstić information content (AvgIpc) is 3.75. The van der Waals surface area contributed by atoms with Crippen molar-refractivity contribution in [1.82, 2.24) is 0 Å². The van der Waals surface area contributed by atoms with Crippen molar-refractivity contribution in [2.75, 3.05) is 19.8 Å². The molecule has 9 aliphatic rings. The van der Waals surface area contributed by atoms with Crippen molar-refractivity contribution >= 4 is 0 Å². The van der Waals surface area contributed by atoms with Crippen LogP contribution in [0.5, 0.6) is 0 Å². The lowest BCUT2D eigenvalue weighted by Crippen LogP contribution is -2.66. The van der Waals surface area contributed by atoms with Gasteiger partial charge in [-0.15, -0.1) is 0 Å². The minimum absolute atomic E-state index is 0.0822. The number of allylic oxidation sites excluding steroid dienone is 1. The summed E-state index contributed by atoms with van der Waals surface area (Å²) in [4.78, 5) is 0. The highest BCUT2D eigenvalue weighted by atomic mass is 16.8. The first-order valence-electron chi connectivity index (χ1n) is 26.9. The lowest BCUT2D eigenvalue weighted by molar-refractivity contribution is -0.388. The molecule has 0 aromatic heterocycles. The van der Waals surface area contributed by atoms with E-state index in [1.54, 1.807) is 0 Å². The molecule has 9 rings (SSSR count). The lowest BCUT2D eigenvalue weighted by Gasteiger charge is -2.59. The number of aliphatic hydroxyl groups excluding tert-OH is 12. The van der Waals surface area contributed by atoms with E-state index in [0.717, 1.165) is 19.3 Å². The van der Waals surface area contributed by atoms with Gasteiger partial charge in [-0.05, 0) is 94.3 Å². The first kappa shape index (κ1) is 57.5. The molecule has 23 nitrogen and oxygen atoms in total. The Morgan fingerprint density at radius 2 is 1.22 bits per heavy atom. The van der Waals surface area contributed by atoms with Crippen molar-refractivity contribution in [3.8, 4) is 0 Å². The molecule has 31 atom stereocenters. The summed E-state index contributed by atoms with van der Waals surface area (Å²) in [6.07, 6.45) is -22.8. The Hall–Kier alpha value is -1.18. The summed E-state index contributed by atoms with van der Waals surface area (Å²) in [6, 6.07) is 0. The van der Waals surface area contributed by atoms with Gasteiger partial charge in [-0.1, -0.05) is 39.3 Å². The second kappa shape index (κ2) is 21.7. The number of aliphatic hydroxyl groups is 14. The Bertz CT molecular complexity index is 1950. The number of fused-ring (bicyclic) bond motifs is 7. The number of ether oxygens (including phenoxy) is 9. The van der Waals surface area contributed by atoms with Crippen molar-refractivity contribution < 1.29 is 114 Å². The molecule has 14 N–H and O–H groups in total. The third kappa shape index (κ3) is 9.68. The molecular weight excluding hydrogens is 981 g/mol. The summed E-state index contributed by atoms with van der Waals surface area (Å²) in [5.41, 5.74) is -0.916. The summed E-state index contributed by atoms with van der Waals surface area (Å²) in [6.45, 7) is 9.93. The second-order valence-corrected chi connectivity index (χ2v) is 23.9. The van der Waals surface area contributed by atoms with Crippen molar-refractivity contribution in [1.29, 1.82) is 0 Å². The van der Waals surface area contributed by atoms with Crippen LogP contribution in [0.15, 0.2) is 11.6 Å². The van der Waals surface area contributed by atoms with E-state index in [1.807, 2.05) is 13.8 Å². The molecule has 0 radical (unpaired) electrons. The monoisotopic (exact) mass is 1060 g/mol. The SMILES string of the molecule is CC(CCC1(O)OC2CC3C4CC=C5C[C@@H](O[C@@H]6O[C@H](CO)[C@@H](O[C@@H]7O[C@@H](C)[C@H](O)[C@@H](O)[C@H]7O)[C@H](O)[C@H]6O[C@@H]6O[C@@H](C)[C@H](O)[C@@H](O)[C@H]6O)CC[C@]5(C)C4CC[C@]3(C)[C@@]2(O)[C@@H]1C)CO[C@@H]1O[C@H](CO)[C@@H](O)[C@H](O)[C@H]1O. The largest absolute Gasteiger partial charge is 0.394 e. The maximum absolute atomic E-state index is 12.9. The fourth-order valence-electron chi connectivity index (χ4n) is 14.9. The molecule has 0 aromatic rings. The average molecular weight is 1070 g/mol. The summed E-state index contributed by atoms with van der Waals surface area (Å²) in [7, 11) is 0. The summed E-state index contributed by atoms with van der Waals surface area (Å²) < 4.78 is 54.3. The van der Waals surface area contributed by atoms with E-state index < -0.39 is 171 Å². The maximum atomic E-state index is 12.9. The Labute approximate surface area is 430 Å². The van der Waals surface area contributed by atoms with Gasteiger partial charge >= 0.3 is 0 Å². The molecule has 0 amide bonds. The molecular formula is C51H84O23. The van der Waals surface area contributed by atoms with Gasteiger partial charge in [-0.2, -0.15) is 0 Å². The normalized spacial score (nSPS) is 55.9. The van der Waals surface area contributed by atoms with Crippen LogP contribution >= 0.6 is 0 Å². The van der Waals surface area contributed by atoms with Gasteiger partial charge in [-0.25, -0.2) is 0 Å². The van der Waals surface area contributed by atoms with Crippen LogP contribution in [0.1, 0.15) is 99.3 Å². The molecule has 0 aromatic carbocycles. The van der Waals surface area contributed by atoms with Gasteiger partial charge in [0, 0.05) is 17.8 Å². The van der Waals surface area contributed by atoms with E-state index in [0.29, 0.717) is 32.1 Å². The minimum atomic E-state index is -1.77. The Kier molecular flexibility index (Phi) is 16.9. The quantitative estimate of drug-likeness (QED) is 0.0778. The van der Waals surface area contributed by atoms with Crippen LogP contribution < -0.4 is 0 Å². The first-order chi connectivity index (χ1) is 34.8. The summed E-state index contributed by atoms with van der Waals surface area (Å²) >= 11 is 0. The van der Waals surface area contributed by atoms with Crippen molar-refractivity contribution in [3.63, 3.8) is 0 Å². The zero-order valence-electron chi connectivity index (χ0n) is 43.1. The zero-order valence-corrected chi connectivity index (χ0v) is 43.1. The standard InChI is InChI=1S/C51H84O23/c1-20(19-66-44-38(60)37(59)34(56)29(17-52)70-44)9-14-50(64)23(4)51(65)31(74-50)16-28-26-8-7-24-15-25(10-12-48(24,5)27(26)11-13-49(28,51)6)69-47-43(73-46-40(62)36(58)33(55)22(3)68-46)41(63)42(30(18-53)71-47)72-45-39(61)35(57)32(54)21(2)67-45/h7,20-23,25-47,52-65H,8-19H2,1-6H3/t20?,21-,22-,23+,25-,26?,27?,28?,29+,30+,31?,32-,33-,34+,35+,36+,37-,38+,39+,40+,41-,42+,43+,44+,45-,46-,47+,48-,49-,50?,51+/m0/s1. The molecule has 23 heteroatoms. The Morgan fingerprint density at radius 1 is 0.635 bits per heavy atom. The molecule has 426 valence electrons. The van der Waals surface area contributed by atoms with Crippen molar-refractivity contribution in [2.24, 2.45) is 40.4 Å². The topological polar surface area (TPSA) is 366 Å². The van der Waals surface area contributed by atoms with Crippen molar-refractivity contribution in [2.45, 2.75) is 246 Å². The first-order valence-corrected chi connectivity index (χ1v) is 26.9. The predicted octanol–water partition coefficient (Wildman–Crippen LogP) is -2.86. The van der Waals surface area contributed by atoms with Gasteiger partial charge < -0.3 is 114 Å². The highest BCUT2D eigenvalue weighted by Gasteiger charge is 2.75. The van der Waals surface area contributed by atoms with Crippen LogP contribution in [0.25, 0.3) is 0 Å². The molecule has 5 heterocycles. The molecule has 0 bridgehead atoms. The Balaban J connectivity index is 0.858. The fourth-order valence-corrected chi connectivity index (χ4v) is 14.9. The lowest BCUT2D eigenvalue weighted by atomic mass is 9.46. The van der Waals surface area contributed by atoms with Crippen LogP contribution in [-0.4, -0.2) is 238 Å². The van der Waals surface area contributed by atoms with Crippen molar-refractivity contribution in [3.05, 3.63) is 11.6 Å². The third-order valence-corrected chi connectivity index (χ3v) is 19.7. The van der Waals surface area contributed by atoms with E-state index in [1.165, 1.54) is 19.4 Å². The van der Waals surface area contributed by atoms with Crippen LogP contribution in [-0.2, 0) is 42.6 Å². The molecule has 3 saturated carbocycles. The fraction of sp³-hybridized carbons (Fsp3) is 0.961. The van der Waals surface area contributed by atoms with E-state index in [2.05, 4.69) is 19.9 Å². The second-order valence-electron chi connectivity index (χ2n) is 23.9. The van der Waals surface area contributed by atoms with Crippen LogP contribution in [0, 0.1) is 40.4 Å². The number of hydrogen-bond donors (Lipinski definition) is 14. The van der Waals surface area contributed by atoms with Crippen LogP contribution in [0.3, 0.4) is 0 Å². The molecule has 74 heavy (non-hydrogen) atoms.